The normalized spacial score (nSPS) is 31.6. The van der Waals surface area contributed by atoms with Crippen molar-refractivity contribution in [2.75, 3.05) is 11.6 Å². The molecular formula is C14H21N3S. The maximum atomic E-state index is 4.33. The number of rotatable bonds is 4. The Kier molecular flexibility index (Phi) is 3.46. The van der Waals surface area contributed by atoms with Crippen LogP contribution in [0.4, 0.5) is 5.82 Å². The zero-order valence-corrected chi connectivity index (χ0v) is 11.9. The largest absolute Gasteiger partial charge is 0.367 e. The van der Waals surface area contributed by atoms with Crippen molar-refractivity contribution in [2.24, 2.45) is 17.8 Å². The van der Waals surface area contributed by atoms with Gasteiger partial charge in [-0.15, -0.1) is 11.8 Å². The van der Waals surface area contributed by atoms with Gasteiger partial charge in [0.25, 0.3) is 0 Å². The van der Waals surface area contributed by atoms with E-state index in [0.717, 1.165) is 28.6 Å². The molecule has 2 fully saturated rings. The molecule has 0 amide bonds. The molecule has 0 spiro atoms. The van der Waals surface area contributed by atoms with Crippen molar-refractivity contribution in [3.8, 4) is 0 Å². The van der Waals surface area contributed by atoms with Crippen LogP contribution in [0.2, 0.25) is 0 Å². The first-order valence-corrected chi connectivity index (χ1v) is 8.11. The molecule has 0 aromatic carbocycles. The number of anilines is 1. The zero-order chi connectivity index (χ0) is 12.5. The van der Waals surface area contributed by atoms with E-state index in [0.29, 0.717) is 6.04 Å². The van der Waals surface area contributed by atoms with E-state index < -0.39 is 0 Å². The molecule has 18 heavy (non-hydrogen) atoms. The lowest BCUT2D eigenvalue weighted by Gasteiger charge is -2.28. The fraction of sp³-hybridized carbons (Fsp3) is 0.714. The summed E-state index contributed by atoms with van der Waals surface area (Å²) in [5.41, 5.74) is 0. The van der Waals surface area contributed by atoms with Crippen LogP contribution in [0.3, 0.4) is 0 Å². The SMILES string of the molecule is CSc1cc(NC(C)C2CC3CCC2C3)ncn1. The Labute approximate surface area is 113 Å². The molecule has 2 aliphatic carbocycles. The van der Waals surface area contributed by atoms with Gasteiger partial charge in [-0.2, -0.15) is 0 Å². The molecule has 0 aliphatic heterocycles. The van der Waals surface area contributed by atoms with E-state index in [1.54, 1.807) is 18.1 Å². The first kappa shape index (κ1) is 12.3. The van der Waals surface area contributed by atoms with Crippen LogP contribution < -0.4 is 5.32 Å². The quantitative estimate of drug-likeness (QED) is 0.667. The van der Waals surface area contributed by atoms with Crippen LogP contribution in [0.5, 0.6) is 0 Å². The van der Waals surface area contributed by atoms with Crippen molar-refractivity contribution in [1.82, 2.24) is 9.97 Å². The summed E-state index contributed by atoms with van der Waals surface area (Å²) in [4.78, 5) is 8.54. The average molecular weight is 263 g/mol. The molecule has 3 nitrogen and oxygen atoms in total. The van der Waals surface area contributed by atoms with Crippen molar-refractivity contribution in [1.29, 1.82) is 0 Å². The Bertz CT molecular complexity index is 423. The minimum Gasteiger partial charge on any atom is -0.367 e. The van der Waals surface area contributed by atoms with Gasteiger partial charge in [0, 0.05) is 12.1 Å². The van der Waals surface area contributed by atoms with Gasteiger partial charge in [0.05, 0.1) is 0 Å². The van der Waals surface area contributed by atoms with Crippen LogP contribution in [0.1, 0.15) is 32.6 Å². The lowest BCUT2D eigenvalue weighted by molar-refractivity contribution is 0.304. The standard InChI is InChI=1S/C14H21N3S/c1-9(12-6-10-3-4-11(12)5-10)17-13-7-14(18-2)16-8-15-13/h7-12H,3-6H2,1-2H3,(H,15,16,17). The summed E-state index contributed by atoms with van der Waals surface area (Å²) >= 11 is 1.66. The molecule has 4 atom stereocenters. The van der Waals surface area contributed by atoms with Crippen LogP contribution in [0, 0.1) is 17.8 Å². The molecule has 1 aromatic heterocycles. The topological polar surface area (TPSA) is 37.8 Å². The number of hydrogen-bond donors (Lipinski definition) is 1. The first-order valence-electron chi connectivity index (χ1n) is 6.89. The second-order valence-corrected chi connectivity index (χ2v) is 6.54. The molecule has 1 aromatic rings. The molecule has 4 unspecified atom stereocenters. The lowest BCUT2D eigenvalue weighted by atomic mass is 9.84. The van der Waals surface area contributed by atoms with Crippen molar-refractivity contribution in [2.45, 2.75) is 43.7 Å². The van der Waals surface area contributed by atoms with Gasteiger partial charge in [-0.1, -0.05) is 6.42 Å². The monoisotopic (exact) mass is 263 g/mol. The molecule has 4 heteroatoms. The van der Waals surface area contributed by atoms with Gasteiger partial charge in [-0.25, -0.2) is 9.97 Å². The van der Waals surface area contributed by atoms with Gasteiger partial charge in [0.2, 0.25) is 0 Å². The summed E-state index contributed by atoms with van der Waals surface area (Å²) in [6, 6.07) is 2.58. The Morgan fingerprint density at radius 1 is 1.33 bits per heavy atom. The average Bonchev–Trinajstić information content (AvgIpc) is 3.01. The molecular weight excluding hydrogens is 242 g/mol. The number of thioether (sulfide) groups is 1. The number of hydrogen-bond acceptors (Lipinski definition) is 4. The first-order chi connectivity index (χ1) is 8.76. The van der Waals surface area contributed by atoms with Crippen LogP contribution >= 0.6 is 11.8 Å². The van der Waals surface area contributed by atoms with Gasteiger partial charge in [-0.3, -0.25) is 0 Å². The predicted molar refractivity (Wildman–Crippen MR) is 75.8 cm³/mol. The molecule has 1 N–H and O–H groups in total. The van der Waals surface area contributed by atoms with E-state index in [1.165, 1.54) is 25.7 Å². The van der Waals surface area contributed by atoms with Crippen LogP contribution in [0.15, 0.2) is 17.4 Å². The Morgan fingerprint density at radius 2 is 2.22 bits per heavy atom. The summed E-state index contributed by atoms with van der Waals surface area (Å²) in [6.07, 6.45) is 9.50. The fourth-order valence-corrected chi connectivity index (χ4v) is 4.16. The number of aromatic nitrogens is 2. The minimum absolute atomic E-state index is 0.532. The van der Waals surface area contributed by atoms with Crippen molar-refractivity contribution in [3.05, 3.63) is 12.4 Å². The summed E-state index contributed by atoms with van der Waals surface area (Å²) in [5.74, 6) is 3.79. The van der Waals surface area contributed by atoms with E-state index in [9.17, 15) is 0 Å². The fourth-order valence-electron chi connectivity index (χ4n) is 3.78. The van der Waals surface area contributed by atoms with Crippen LogP contribution in [0.25, 0.3) is 0 Å². The maximum Gasteiger partial charge on any atom is 0.130 e. The lowest BCUT2D eigenvalue weighted by Crippen LogP contribution is -2.30. The smallest absolute Gasteiger partial charge is 0.130 e. The van der Waals surface area contributed by atoms with Gasteiger partial charge in [0.15, 0.2) is 0 Å². The van der Waals surface area contributed by atoms with E-state index in [4.69, 9.17) is 0 Å². The van der Waals surface area contributed by atoms with Gasteiger partial charge < -0.3 is 5.32 Å². The highest BCUT2D eigenvalue weighted by Crippen LogP contribution is 2.49. The highest BCUT2D eigenvalue weighted by atomic mass is 32.2. The number of fused-ring (bicyclic) bond motifs is 2. The van der Waals surface area contributed by atoms with E-state index in [-0.39, 0.29) is 0 Å². The molecule has 2 saturated carbocycles. The highest BCUT2D eigenvalue weighted by Gasteiger charge is 2.41. The summed E-state index contributed by atoms with van der Waals surface area (Å²) in [7, 11) is 0. The molecule has 2 aliphatic rings. The van der Waals surface area contributed by atoms with Crippen LogP contribution in [-0.4, -0.2) is 22.3 Å². The summed E-state index contributed by atoms with van der Waals surface area (Å²) in [6.45, 7) is 2.31. The molecule has 0 saturated heterocycles. The van der Waals surface area contributed by atoms with Crippen LogP contribution in [-0.2, 0) is 0 Å². The Morgan fingerprint density at radius 3 is 2.89 bits per heavy atom. The molecule has 0 radical (unpaired) electrons. The number of nitrogens with one attached hydrogen (secondary N) is 1. The molecule has 2 bridgehead atoms. The van der Waals surface area contributed by atoms with E-state index in [1.807, 2.05) is 12.3 Å². The third-order valence-corrected chi connectivity index (χ3v) is 5.30. The second kappa shape index (κ2) is 5.08. The Hall–Kier alpha value is -0.770. The zero-order valence-electron chi connectivity index (χ0n) is 11.1. The van der Waals surface area contributed by atoms with Gasteiger partial charge in [-0.05, 0) is 50.2 Å². The maximum absolute atomic E-state index is 4.33. The third-order valence-electron chi connectivity index (χ3n) is 4.66. The molecule has 3 rings (SSSR count). The number of nitrogens with zero attached hydrogens (tertiary/aromatic N) is 2. The van der Waals surface area contributed by atoms with E-state index in [2.05, 4.69) is 22.2 Å². The second-order valence-electron chi connectivity index (χ2n) is 5.72. The van der Waals surface area contributed by atoms with Crippen molar-refractivity contribution in [3.63, 3.8) is 0 Å². The Balaban J connectivity index is 1.65. The molecule has 1 heterocycles. The highest BCUT2D eigenvalue weighted by molar-refractivity contribution is 7.98. The predicted octanol–water partition coefficient (Wildman–Crippen LogP) is 3.44. The summed E-state index contributed by atoms with van der Waals surface area (Å²) < 4.78 is 0. The van der Waals surface area contributed by atoms with E-state index >= 15 is 0 Å². The van der Waals surface area contributed by atoms with Gasteiger partial charge in [0.1, 0.15) is 17.2 Å². The minimum atomic E-state index is 0.532. The third kappa shape index (κ3) is 2.35. The van der Waals surface area contributed by atoms with Crippen molar-refractivity contribution < 1.29 is 0 Å². The molecule has 98 valence electrons. The van der Waals surface area contributed by atoms with Gasteiger partial charge >= 0.3 is 0 Å². The summed E-state index contributed by atoms with van der Waals surface area (Å²) in [5, 5.41) is 4.61. The van der Waals surface area contributed by atoms with Crippen molar-refractivity contribution >= 4 is 17.6 Å².